The van der Waals surface area contributed by atoms with E-state index >= 15 is 0 Å². The van der Waals surface area contributed by atoms with Crippen LogP contribution in [-0.4, -0.2) is 47.3 Å². The second-order valence-corrected chi connectivity index (χ2v) is 8.63. The van der Waals surface area contributed by atoms with Gasteiger partial charge in [-0.15, -0.1) is 10.2 Å². The molecule has 0 aromatic carbocycles. The van der Waals surface area contributed by atoms with Crippen molar-refractivity contribution < 1.29 is 14.0 Å². The van der Waals surface area contributed by atoms with E-state index < -0.39 is 6.04 Å². The van der Waals surface area contributed by atoms with Crippen LogP contribution in [-0.2, 0) is 4.79 Å². The van der Waals surface area contributed by atoms with Crippen molar-refractivity contribution in [2.24, 2.45) is 11.3 Å². The average molecular weight is 383 g/mol. The van der Waals surface area contributed by atoms with Crippen molar-refractivity contribution in [3.05, 3.63) is 18.0 Å². The van der Waals surface area contributed by atoms with Crippen molar-refractivity contribution in [1.82, 2.24) is 20.8 Å². The first-order valence-corrected chi connectivity index (χ1v) is 9.75. The molecule has 0 fully saturated rings. The first kappa shape index (κ1) is 22.4. The number of nitrogens with one attached hydrogen (secondary N) is 2. The van der Waals surface area contributed by atoms with Gasteiger partial charge in [-0.05, 0) is 30.9 Å². The van der Waals surface area contributed by atoms with Crippen LogP contribution in [0.15, 0.2) is 21.8 Å². The van der Waals surface area contributed by atoms with Crippen LogP contribution in [0.3, 0.4) is 0 Å². The van der Waals surface area contributed by atoms with E-state index in [2.05, 4.69) is 20.8 Å². The lowest BCUT2D eigenvalue weighted by Crippen LogP contribution is -2.41. The summed E-state index contributed by atoms with van der Waals surface area (Å²) in [6.07, 6.45) is 3.77. The minimum Gasteiger partial charge on any atom is -0.408 e. The monoisotopic (exact) mass is 382 g/mol. The van der Waals surface area contributed by atoms with Crippen LogP contribution in [0.2, 0.25) is 0 Å². The van der Waals surface area contributed by atoms with E-state index in [0.29, 0.717) is 11.6 Å². The fourth-order valence-electron chi connectivity index (χ4n) is 2.01. The Morgan fingerprint density at radius 2 is 1.96 bits per heavy atom. The lowest BCUT2D eigenvalue weighted by atomic mass is 9.96. The minimum absolute atomic E-state index is 0.0669. The van der Waals surface area contributed by atoms with Crippen LogP contribution in [0.1, 0.15) is 51.7 Å². The number of amides is 1. The molecule has 1 aromatic rings. The molecule has 1 amide bonds. The van der Waals surface area contributed by atoms with E-state index in [0.717, 1.165) is 12.3 Å². The van der Waals surface area contributed by atoms with Crippen molar-refractivity contribution in [2.75, 3.05) is 19.3 Å². The maximum atomic E-state index is 12.7. The van der Waals surface area contributed by atoms with E-state index in [9.17, 15) is 9.59 Å². The standard InChI is InChI=1S/C18H30N4O3S/c1-12(2)11-13(20-14(23)7-8-18(3,4)5)15(24)16-21-22-17(25-16)26-10-9-19-6/h7-8,12-13,19H,9-11H2,1-6H3,(H,20,23)/b8-7+/t13-/m0/s1. The molecule has 26 heavy (non-hydrogen) atoms. The first-order chi connectivity index (χ1) is 12.1. The second-order valence-electron chi connectivity index (χ2n) is 7.58. The van der Waals surface area contributed by atoms with Crippen molar-refractivity contribution >= 4 is 23.5 Å². The Morgan fingerprint density at radius 1 is 1.27 bits per heavy atom. The molecular weight excluding hydrogens is 352 g/mol. The number of aromatic nitrogens is 2. The molecule has 0 aliphatic rings. The highest BCUT2D eigenvalue weighted by Gasteiger charge is 2.27. The number of rotatable bonds is 10. The van der Waals surface area contributed by atoms with E-state index in [1.54, 1.807) is 0 Å². The smallest absolute Gasteiger partial charge is 0.286 e. The number of ketones is 1. The number of hydrogen-bond donors (Lipinski definition) is 2. The summed E-state index contributed by atoms with van der Waals surface area (Å²) >= 11 is 1.38. The summed E-state index contributed by atoms with van der Waals surface area (Å²) in [6, 6.07) is -0.692. The molecule has 0 radical (unpaired) electrons. The van der Waals surface area contributed by atoms with Gasteiger partial charge in [0, 0.05) is 12.3 Å². The van der Waals surface area contributed by atoms with Gasteiger partial charge in [0.2, 0.25) is 11.7 Å². The van der Waals surface area contributed by atoms with Crippen LogP contribution in [0.4, 0.5) is 0 Å². The molecule has 8 heteroatoms. The van der Waals surface area contributed by atoms with E-state index in [4.69, 9.17) is 4.42 Å². The van der Waals surface area contributed by atoms with E-state index in [1.165, 1.54) is 17.8 Å². The highest BCUT2D eigenvalue weighted by Crippen LogP contribution is 2.18. The zero-order chi connectivity index (χ0) is 19.7. The quantitative estimate of drug-likeness (QED) is 0.278. The summed E-state index contributed by atoms with van der Waals surface area (Å²) < 4.78 is 5.44. The van der Waals surface area contributed by atoms with Gasteiger partial charge < -0.3 is 15.1 Å². The molecule has 1 atom stereocenters. The van der Waals surface area contributed by atoms with Gasteiger partial charge in [-0.3, -0.25) is 9.59 Å². The maximum Gasteiger partial charge on any atom is 0.286 e. The van der Waals surface area contributed by atoms with Gasteiger partial charge in [-0.2, -0.15) is 0 Å². The average Bonchev–Trinajstić information content (AvgIpc) is 2.99. The molecule has 0 aliphatic carbocycles. The van der Waals surface area contributed by atoms with Crippen molar-refractivity contribution in [3.8, 4) is 0 Å². The van der Waals surface area contributed by atoms with E-state index in [1.807, 2.05) is 47.7 Å². The van der Waals surface area contributed by atoms with Gasteiger partial charge in [0.25, 0.3) is 11.1 Å². The highest BCUT2D eigenvalue weighted by molar-refractivity contribution is 7.99. The fourth-order valence-corrected chi connectivity index (χ4v) is 2.72. The normalized spacial score (nSPS) is 13.3. The Morgan fingerprint density at radius 3 is 2.54 bits per heavy atom. The van der Waals surface area contributed by atoms with Gasteiger partial charge >= 0.3 is 0 Å². The molecule has 0 saturated heterocycles. The van der Waals surface area contributed by atoms with Gasteiger partial charge in [0.1, 0.15) is 0 Å². The highest BCUT2D eigenvalue weighted by atomic mass is 32.2. The molecule has 7 nitrogen and oxygen atoms in total. The maximum absolute atomic E-state index is 12.7. The first-order valence-electron chi connectivity index (χ1n) is 8.77. The number of thioether (sulfide) groups is 1. The number of hydrogen-bond acceptors (Lipinski definition) is 7. The molecule has 0 bridgehead atoms. The Bertz CT molecular complexity index is 620. The third-order valence-electron chi connectivity index (χ3n) is 3.27. The lowest BCUT2D eigenvalue weighted by molar-refractivity contribution is -0.117. The van der Waals surface area contributed by atoms with E-state index in [-0.39, 0.29) is 28.9 Å². The molecular formula is C18H30N4O3S. The predicted octanol–water partition coefficient (Wildman–Crippen LogP) is 2.70. The number of allylic oxidation sites excluding steroid dienone is 1. The summed E-state index contributed by atoms with van der Waals surface area (Å²) in [6.45, 7) is 10.8. The Balaban J connectivity index is 2.80. The topological polar surface area (TPSA) is 97.1 Å². The summed E-state index contributed by atoms with van der Waals surface area (Å²) in [5.41, 5.74) is -0.110. The summed E-state index contributed by atoms with van der Waals surface area (Å²) in [7, 11) is 1.86. The SMILES string of the molecule is CNCCSc1nnc(C(=O)[C@H](CC(C)C)NC(=O)/C=C/C(C)(C)C)o1. The largest absolute Gasteiger partial charge is 0.408 e. The third-order valence-corrected chi connectivity index (χ3v) is 4.09. The molecule has 0 unspecified atom stereocenters. The Kier molecular flexibility index (Phi) is 9.01. The van der Waals surface area contributed by atoms with Crippen LogP contribution in [0.5, 0.6) is 0 Å². The third kappa shape index (κ3) is 8.62. The minimum atomic E-state index is -0.692. The van der Waals surface area contributed by atoms with Gasteiger partial charge in [0.15, 0.2) is 0 Å². The molecule has 0 spiro atoms. The predicted molar refractivity (Wildman–Crippen MR) is 103 cm³/mol. The second kappa shape index (κ2) is 10.5. The number of carbonyl (C=O) groups is 2. The number of Topliss-reactive ketones (excluding diaryl/α,β-unsaturated/α-hetero) is 1. The molecule has 0 saturated carbocycles. The van der Waals surface area contributed by atoms with Gasteiger partial charge in [-0.25, -0.2) is 0 Å². The fraction of sp³-hybridized carbons (Fsp3) is 0.667. The van der Waals surface area contributed by atoms with Crippen LogP contribution >= 0.6 is 11.8 Å². The molecule has 146 valence electrons. The van der Waals surface area contributed by atoms with Crippen molar-refractivity contribution in [1.29, 1.82) is 0 Å². The van der Waals surface area contributed by atoms with Crippen molar-refractivity contribution in [2.45, 2.75) is 52.3 Å². The summed E-state index contributed by atoms with van der Waals surface area (Å²) in [5.74, 6) is 0.257. The Labute approximate surface area is 159 Å². The van der Waals surface area contributed by atoms with Gasteiger partial charge in [-0.1, -0.05) is 52.5 Å². The number of nitrogens with zero attached hydrogens (tertiary/aromatic N) is 2. The summed E-state index contributed by atoms with van der Waals surface area (Å²) in [4.78, 5) is 24.9. The number of carbonyl (C=O) groups excluding carboxylic acids is 2. The van der Waals surface area contributed by atoms with Crippen LogP contribution in [0.25, 0.3) is 0 Å². The lowest BCUT2D eigenvalue weighted by Gasteiger charge is -2.17. The molecule has 0 aliphatic heterocycles. The summed E-state index contributed by atoms with van der Waals surface area (Å²) in [5, 5.41) is 13.9. The zero-order valence-electron chi connectivity index (χ0n) is 16.5. The molecule has 2 N–H and O–H groups in total. The molecule has 1 aromatic heterocycles. The van der Waals surface area contributed by atoms with Gasteiger partial charge in [0.05, 0.1) is 6.04 Å². The molecule has 1 rings (SSSR count). The zero-order valence-corrected chi connectivity index (χ0v) is 17.3. The van der Waals surface area contributed by atoms with Crippen LogP contribution < -0.4 is 10.6 Å². The van der Waals surface area contributed by atoms with Crippen LogP contribution in [0, 0.1) is 11.3 Å². The molecule has 1 heterocycles. The van der Waals surface area contributed by atoms with Crippen molar-refractivity contribution in [3.63, 3.8) is 0 Å². The Hall–Kier alpha value is -1.67.